The molecule has 7 nitrogen and oxygen atoms in total. The van der Waals surface area contributed by atoms with Crippen molar-refractivity contribution in [2.75, 3.05) is 31.2 Å². The van der Waals surface area contributed by atoms with Gasteiger partial charge in [-0.1, -0.05) is 6.92 Å². The number of nitrogens with two attached hydrogens (primary N) is 1. The molecule has 1 aliphatic rings. The number of methoxy groups -OCH3 is 1. The molecule has 0 bridgehead atoms. The van der Waals surface area contributed by atoms with Crippen LogP contribution in [0.4, 0.5) is 11.6 Å². The molecule has 0 aliphatic carbocycles. The van der Waals surface area contributed by atoms with Crippen LogP contribution in [-0.2, 0) is 11.3 Å². The molecular weight excluding hydrogens is 258 g/mol. The van der Waals surface area contributed by atoms with Crippen LogP contribution in [0.25, 0.3) is 0 Å². The lowest BCUT2D eigenvalue weighted by Gasteiger charge is -2.23. The van der Waals surface area contributed by atoms with E-state index < -0.39 is 5.97 Å². The van der Waals surface area contributed by atoms with E-state index in [1.165, 1.54) is 7.11 Å². The van der Waals surface area contributed by atoms with Crippen LogP contribution in [0.5, 0.6) is 0 Å². The van der Waals surface area contributed by atoms with Gasteiger partial charge in [0.2, 0.25) is 0 Å². The average Bonchev–Trinajstić information content (AvgIpc) is 2.76. The first-order valence-corrected chi connectivity index (χ1v) is 7.09. The summed E-state index contributed by atoms with van der Waals surface area (Å²) in [6.45, 7) is 4.66. The molecule has 4 N–H and O–H groups in total. The van der Waals surface area contributed by atoms with Crippen molar-refractivity contribution in [3.63, 3.8) is 0 Å². The van der Waals surface area contributed by atoms with Gasteiger partial charge in [-0.15, -0.1) is 0 Å². The molecule has 1 aromatic heterocycles. The summed E-state index contributed by atoms with van der Waals surface area (Å²) in [5, 5.41) is 11.1. The van der Waals surface area contributed by atoms with Crippen LogP contribution in [0.15, 0.2) is 0 Å². The maximum atomic E-state index is 11.9. The second kappa shape index (κ2) is 6.60. The van der Waals surface area contributed by atoms with Gasteiger partial charge in [0.15, 0.2) is 5.82 Å². The maximum absolute atomic E-state index is 11.9. The summed E-state index contributed by atoms with van der Waals surface area (Å²) in [6, 6.07) is 0.309. The van der Waals surface area contributed by atoms with E-state index in [-0.39, 0.29) is 0 Å². The highest BCUT2D eigenvalue weighted by Gasteiger charge is 2.25. The van der Waals surface area contributed by atoms with E-state index in [0.717, 1.165) is 32.4 Å². The molecule has 2 rings (SSSR count). The molecule has 7 heteroatoms. The number of piperidine rings is 1. The van der Waals surface area contributed by atoms with Crippen LogP contribution in [0.3, 0.4) is 0 Å². The van der Waals surface area contributed by atoms with Crippen LogP contribution < -0.4 is 16.4 Å². The first kappa shape index (κ1) is 14.6. The Hall–Kier alpha value is -1.76. The minimum Gasteiger partial charge on any atom is -0.465 e. The molecule has 1 fully saturated rings. The first-order chi connectivity index (χ1) is 9.67. The average molecular weight is 281 g/mol. The van der Waals surface area contributed by atoms with Crippen molar-refractivity contribution in [3.05, 3.63) is 5.56 Å². The lowest BCUT2D eigenvalue weighted by atomic mass is 10.1. The van der Waals surface area contributed by atoms with Crippen molar-refractivity contribution in [2.24, 2.45) is 0 Å². The molecule has 1 saturated heterocycles. The third kappa shape index (κ3) is 3.04. The quantitative estimate of drug-likeness (QED) is 0.692. The summed E-state index contributed by atoms with van der Waals surface area (Å²) in [7, 11) is 1.35. The topological polar surface area (TPSA) is 94.2 Å². The summed E-state index contributed by atoms with van der Waals surface area (Å²) in [6.07, 6.45) is 2.90. The summed E-state index contributed by atoms with van der Waals surface area (Å²) >= 11 is 0. The lowest BCUT2D eigenvalue weighted by Crippen LogP contribution is -2.35. The zero-order valence-corrected chi connectivity index (χ0v) is 12.1. The normalized spacial score (nSPS) is 16.1. The molecule has 0 aromatic carbocycles. The standard InChI is InChI=1S/C13H23N5O2/c1-3-8-18-11(14)10(13(19)20-2)12(17-18)16-9-4-6-15-7-5-9/h9,15H,3-8,14H2,1-2H3,(H,16,17). The van der Waals surface area contributed by atoms with Gasteiger partial charge in [-0.05, 0) is 32.4 Å². The molecule has 2 heterocycles. The number of hydrogen-bond donors (Lipinski definition) is 3. The Morgan fingerprint density at radius 2 is 2.25 bits per heavy atom. The van der Waals surface area contributed by atoms with Gasteiger partial charge in [0.05, 0.1) is 7.11 Å². The fraction of sp³-hybridized carbons (Fsp3) is 0.692. The van der Waals surface area contributed by atoms with E-state index in [0.29, 0.717) is 29.8 Å². The second-order valence-corrected chi connectivity index (χ2v) is 4.99. The Morgan fingerprint density at radius 3 is 2.85 bits per heavy atom. The molecule has 112 valence electrons. The molecular formula is C13H23N5O2. The SMILES string of the molecule is CCCn1nc(NC2CCNCC2)c(C(=O)OC)c1N. The molecule has 1 aromatic rings. The molecule has 0 unspecified atom stereocenters. The number of nitrogens with zero attached hydrogens (tertiary/aromatic N) is 2. The van der Waals surface area contributed by atoms with Crippen LogP contribution in [-0.4, -0.2) is 42.0 Å². The first-order valence-electron chi connectivity index (χ1n) is 7.09. The number of nitrogens with one attached hydrogen (secondary N) is 2. The number of nitrogen functional groups attached to an aromatic ring is 1. The van der Waals surface area contributed by atoms with Crippen LogP contribution in [0, 0.1) is 0 Å². The monoisotopic (exact) mass is 281 g/mol. The van der Waals surface area contributed by atoms with Crippen molar-refractivity contribution < 1.29 is 9.53 Å². The van der Waals surface area contributed by atoms with Crippen molar-refractivity contribution >= 4 is 17.6 Å². The van der Waals surface area contributed by atoms with Crippen molar-refractivity contribution in [1.29, 1.82) is 0 Å². The number of rotatable bonds is 5. The van der Waals surface area contributed by atoms with Crippen molar-refractivity contribution in [1.82, 2.24) is 15.1 Å². The van der Waals surface area contributed by atoms with Crippen molar-refractivity contribution in [2.45, 2.75) is 38.8 Å². The molecule has 20 heavy (non-hydrogen) atoms. The molecule has 1 aliphatic heterocycles. The summed E-state index contributed by atoms with van der Waals surface area (Å²) in [4.78, 5) is 11.9. The van der Waals surface area contributed by atoms with E-state index in [4.69, 9.17) is 10.5 Å². The highest BCUT2D eigenvalue weighted by Crippen LogP contribution is 2.24. The van der Waals surface area contributed by atoms with Crippen molar-refractivity contribution in [3.8, 4) is 0 Å². The fourth-order valence-corrected chi connectivity index (χ4v) is 2.42. The van der Waals surface area contributed by atoms with Gasteiger partial charge in [0.25, 0.3) is 0 Å². The Balaban J connectivity index is 2.24. The highest BCUT2D eigenvalue weighted by molar-refractivity contribution is 5.99. The third-order valence-electron chi connectivity index (χ3n) is 3.50. The third-order valence-corrected chi connectivity index (χ3v) is 3.50. The maximum Gasteiger partial charge on any atom is 0.345 e. The number of ether oxygens (including phenoxy) is 1. The zero-order chi connectivity index (χ0) is 14.5. The minimum absolute atomic E-state index is 0.309. The van der Waals surface area contributed by atoms with Crippen LogP contribution in [0.1, 0.15) is 36.5 Å². The number of esters is 1. The van der Waals surface area contributed by atoms with E-state index in [9.17, 15) is 4.79 Å². The summed E-state index contributed by atoms with van der Waals surface area (Å²) in [5.41, 5.74) is 6.37. The second-order valence-electron chi connectivity index (χ2n) is 4.99. The smallest absolute Gasteiger partial charge is 0.345 e. The van der Waals surface area contributed by atoms with Gasteiger partial charge in [-0.3, -0.25) is 0 Å². The van der Waals surface area contributed by atoms with E-state index in [1.54, 1.807) is 4.68 Å². The fourth-order valence-electron chi connectivity index (χ4n) is 2.42. The lowest BCUT2D eigenvalue weighted by molar-refractivity contribution is 0.0603. The van der Waals surface area contributed by atoms with Crippen LogP contribution >= 0.6 is 0 Å². The molecule has 0 radical (unpaired) electrons. The molecule has 0 atom stereocenters. The van der Waals surface area contributed by atoms with Gasteiger partial charge in [-0.2, -0.15) is 5.10 Å². The van der Waals surface area contributed by atoms with Gasteiger partial charge in [0, 0.05) is 12.6 Å². The number of hydrogen-bond acceptors (Lipinski definition) is 6. The molecule has 0 amide bonds. The summed E-state index contributed by atoms with van der Waals surface area (Å²) in [5.74, 6) is 0.464. The summed E-state index contributed by atoms with van der Waals surface area (Å²) < 4.78 is 6.48. The molecule has 0 saturated carbocycles. The minimum atomic E-state index is -0.443. The Labute approximate surface area is 118 Å². The van der Waals surface area contributed by atoms with Gasteiger partial charge >= 0.3 is 5.97 Å². The van der Waals surface area contributed by atoms with Gasteiger partial charge < -0.3 is 21.1 Å². The van der Waals surface area contributed by atoms with E-state index in [1.807, 2.05) is 6.92 Å². The number of anilines is 2. The molecule has 0 spiro atoms. The predicted molar refractivity (Wildman–Crippen MR) is 77.8 cm³/mol. The van der Waals surface area contributed by atoms with E-state index in [2.05, 4.69) is 15.7 Å². The van der Waals surface area contributed by atoms with Crippen LogP contribution in [0.2, 0.25) is 0 Å². The predicted octanol–water partition coefficient (Wildman–Crippen LogP) is 0.826. The number of carbonyl (C=O) groups is 1. The zero-order valence-electron chi connectivity index (χ0n) is 12.1. The highest BCUT2D eigenvalue weighted by atomic mass is 16.5. The Kier molecular flexibility index (Phi) is 4.84. The largest absolute Gasteiger partial charge is 0.465 e. The van der Waals surface area contributed by atoms with Gasteiger partial charge in [0.1, 0.15) is 11.4 Å². The number of aryl methyl sites for hydroxylation is 1. The number of carbonyl (C=O) groups excluding carboxylic acids is 1. The Morgan fingerprint density at radius 1 is 1.55 bits per heavy atom. The number of aromatic nitrogens is 2. The Bertz CT molecular complexity index is 466. The van der Waals surface area contributed by atoms with Gasteiger partial charge in [-0.25, -0.2) is 9.48 Å². The van der Waals surface area contributed by atoms with E-state index >= 15 is 0 Å².